The molecule has 0 aliphatic rings. The number of hydrogen-bond donors (Lipinski definition) is 0. The molecule has 0 aliphatic carbocycles. The van der Waals surface area contributed by atoms with E-state index < -0.39 is 0 Å². The summed E-state index contributed by atoms with van der Waals surface area (Å²) in [5.74, 6) is -0.338. The topological polar surface area (TPSA) is 53.3 Å². The third kappa shape index (κ3) is 4.99. The Kier molecular flexibility index (Phi) is 4.69. The van der Waals surface area contributed by atoms with Gasteiger partial charge in [0.15, 0.2) is 0 Å². The molecule has 0 spiro atoms. The average molecular weight is 240 g/mol. The Balaban J connectivity index is 2.43. The summed E-state index contributed by atoms with van der Waals surface area (Å²) in [5, 5.41) is 4.07. The summed E-state index contributed by atoms with van der Waals surface area (Å²) >= 11 is 0. The van der Waals surface area contributed by atoms with Gasteiger partial charge in [-0.1, -0.05) is 0 Å². The van der Waals surface area contributed by atoms with E-state index in [-0.39, 0.29) is 11.6 Å². The van der Waals surface area contributed by atoms with Crippen LogP contribution in [0.25, 0.3) is 0 Å². The highest BCUT2D eigenvalue weighted by Gasteiger charge is 2.11. The Morgan fingerprint density at radius 2 is 2.18 bits per heavy atom. The maximum atomic E-state index is 11.4. The fourth-order valence-corrected chi connectivity index (χ4v) is 1.25. The van der Waals surface area contributed by atoms with Crippen molar-refractivity contribution >= 4 is 5.97 Å². The molecular weight excluding hydrogens is 220 g/mol. The summed E-state index contributed by atoms with van der Waals surface area (Å²) in [5.41, 5.74) is 0.319. The van der Waals surface area contributed by atoms with Crippen LogP contribution in [-0.4, -0.2) is 34.6 Å². The number of rotatable bonds is 5. The molecule has 0 fully saturated rings. The van der Waals surface area contributed by atoms with E-state index >= 15 is 0 Å². The lowest BCUT2D eigenvalue weighted by atomic mass is 10.2. The van der Waals surface area contributed by atoms with E-state index in [1.165, 1.54) is 6.20 Å². The van der Waals surface area contributed by atoms with Gasteiger partial charge in [0.1, 0.15) is 0 Å². The molecule has 17 heavy (non-hydrogen) atoms. The number of hydrogen-bond acceptors (Lipinski definition) is 4. The molecule has 1 aromatic rings. The standard InChI is InChI=1S/C12H20N2O3/c1-5-16-11(15)10-8-13-14(9-10)6-7-17-12(2,3)4/h8-9H,5-7H2,1-4H3. The quantitative estimate of drug-likeness (QED) is 0.737. The second kappa shape index (κ2) is 5.82. The molecular formula is C12H20N2O3. The number of aromatic nitrogens is 2. The Labute approximate surface area is 102 Å². The van der Waals surface area contributed by atoms with Gasteiger partial charge in [-0.05, 0) is 27.7 Å². The van der Waals surface area contributed by atoms with Crippen LogP contribution < -0.4 is 0 Å². The first kappa shape index (κ1) is 13.7. The van der Waals surface area contributed by atoms with E-state index in [9.17, 15) is 4.79 Å². The van der Waals surface area contributed by atoms with Crippen molar-refractivity contribution in [3.8, 4) is 0 Å². The molecule has 0 bridgehead atoms. The fraction of sp³-hybridized carbons (Fsp3) is 0.667. The van der Waals surface area contributed by atoms with Gasteiger partial charge in [0.25, 0.3) is 0 Å². The largest absolute Gasteiger partial charge is 0.462 e. The maximum Gasteiger partial charge on any atom is 0.341 e. The SMILES string of the molecule is CCOC(=O)c1cnn(CCOC(C)(C)C)c1. The monoisotopic (exact) mass is 240 g/mol. The number of ether oxygens (including phenoxy) is 2. The minimum atomic E-state index is -0.338. The minimum absolute atomic E-state index is 0.156. The van der Waals surface area contributed by atoms with Gasteiger partial charge in [-0.25, -0.2) is 4.79 Å². The van der Waals surface area contributed by atoms with Crippen LogP contribution in [0.15, 0.2) is 12.4 Å². The summed E-state index contributed by atoms with van der Waals surface area (Å²) < 4.78 is 12.1. The molecule has 0 aromatic carbocycles. The first-order valence-electron chi connectivity index (χ1n) is 5.76. The van der Waals surface area contributed by atoms with E-state index in [1.54, 1.807) is 17.8 Å². The van der Waals surface area contributed by atoms with Crippen LogP contribution in [-0.2, 0) is 16.0 Å². The van der Waals surface area contributed by atoms with Crippen molar-refractivity contribution in [2.45, 2.75) is 39.8 Å². The Hall–Kier alpha value is -1.36. The van der Waals surface area contributed by atoms with Crippen LogP contribution in [0.2, 0.25) is 0 Å². The van der Waals surface area contributed by atoms with Gasteiger partial charge in [0, 0.05) is 6.20 Å². The molecule has 0 amide bonds. The molecule has 96 valence electrons. The molecule has 0 saturated heterocycles. The van der Waals surface area contributed by atoms with Crippen molar-refractivity contribution in [1.29, 1.82) is 0 Å². The number of nitrogens with zero attached hydrogens (tertiary/aromatic N) is 2. The molecule has 0 aliphatic heterocycles. The van der Waals surface area contributed by atoms with Crippen molar-refractivity contribution in [3.63, 3.8) is 0 Å². The normalized spacial score (nSPS) is 11.5. The summed E-state index contributed by atoms with van der Waals surface area (Å²) in [6.45, 7) is 9.33. The third-order valence-corrected chi connectivity index (χ3v) is 2.00. The zero-order valence-electron chi connectivity index (χ0n) is 10.9. The van der Waals surface area contributed by atoms with Crippen molar-refractivity contribution in [1.82, 2.24) is 9.78 Å². The predicted molar refractivity (Wildman–Crippen MR) is 63.9 cm³/mol. The van der Waals surface area contributed by atoms with Gasteiger partial charge in [-0.15, -0.1) is 0 Å². The van der Waals surface area contributed by atoms with Crippen LogP contribution in [0.5, 0.6) is 0 Å². The van der Waals surface area contributed by atoms with Crippen molar-refractivity contribution in [2.24, 2.45) is 0 Å². The molecule has 5 nitrogen and oxygen atoms in total. The first-order valence-corrected chi connectivity index (χ1v) is 5.76. The molecule has 0 saturated carbocycles. The Bertz CT molecular complexity index is 366. The zero-order chi connectivity index (χ0) is 12.9. The third-order valence-electron chi connectivity index (χ3n) is 2.00. The molecule has 1 rings (SSSR count). The van der Waals surface area contributed by atoms with E-state index in [0.29, 0.717) is 25.3 Å². The number of carbonyl (C=O) groups excluding carboxylic acids is 1. The highest BCUT2D eigenvalue weighted by molar-refractivity contribution is 5.88. The Morgan fingerprint density at radius 3 is 2.76 bits per heavy atom. The van der Waals surface area contributed by atoms with Crippen LogP contribution in [0.3, 0.4) is 0 Å². The smallest absolute Gasteiger partial charge is 0.341 e. The molecule has 1 aromatic heterocycles. The lowest BCUT2D eigenvalue weighted by molar-refractivity contribution is -0.00792. The molecule has 0 N–H and O–H groups in total. The molecule has 0 unspecified atom stereocenters. The number of carbonyl (C=O) groups is 1. The molecule has 5 heteroatoms. The van der Waals surface area contributed by atoms with Gasteiger partial charge in [-0.3, -0.25) is 4.68 Å². The predicted octanol–water partition coefficient (Wildman–Crippen LogP) is 1.87. The van der Waals surface area contributed by atoms with Gasteiger partial charge in [-0.2, -0.15) is 5.10 Å². The highest BCUT2D eigenvalue weighted by Crippen LogP contribution is 2.07. The molecule has 0 atom stereocenters. The van der Waals surface area contributed by atoms with E-state index in [2.05, 4.69) is 5.10 Å². The number of esters is 1. The van der Waals surface area contributed by atoms with Gasteiger partial charge in [0.2, 0.25) is 0 Å². The minimum Gasteiger partial charge on any atom is -0.462 e. The average Bonchev–Trinajstić information content (AvgIpc) is 2.65. The van der Waals surface area contributed by atoms with E-state index in [4.69, 9.17) is 9.47 Å². The van der Waals surface area contributed by atoms with Crippen LogP contribution >= 0.6 is 0 Å². The van der Waals surface area contributed by atoms with E-state index in [0.717, 1.165) is 0 Å². The van der Waals surface area contributed by atoms with Crippen molar-refractivity contribution in [2.75, 3.05) is 13.2 Å². The first-order chi connectivity index (χ1) is 7.92. The lowest BCUT2D eigenvalue weighted by Crippen LogP contribution is -2.22. The van der Waals surface area contributed by atoms with E-state index in [1.807, 2.05) is 20.8 Å². The molecule has 0 radical (unpaired) electrons. The summed E-state index contributed by atoms with van der Waals surface area (Å²) in [7, 11) is 0. The second-order valence-electron chi connectivity index (χ2n) is 4.67. The van der Waals surface area contributed by atoms with Gasteiger partial charge >= 0.3 is 5.97 Å². The maximum absolute atomic E-state index is 11.4. The Morgan fingerprint density at radius 1 is 1.47 bits per heavy atom. The zero-order valence-corrected chi connectivity index (χ0v) is 10.9. The van der Waals surface area contributed by atoms with Crippen molar-refractivity contribution in [3.05, 3.63) is 18.0 Å². The fourth-order valence-electron chi connectivity index (χ4n) is 1.25. The summed E-state index contributed by atoms with van der Waals surface area (Å²) in [4.78, 5) is 11.4. The summed E-state index contributed by atoms with van der Waals surface area (Å²) in [6.07, 6.45) is 3.18. The van der Waals surface area contributed by atoms with Crippen LogP contribution in [0.1, 0.15) is 38.1 Å². The van der Waals surface area contributed by atoms with Crippen LogP contribution in [0, 0.1) is 0 Å². The van der Waals surface area contributed by atoms with Gasteiger partial charge < -0.3 is 9.47 Å². The second-order valence-corrected chi connectivity index (χ2v) is 4.67. The highest BCUT2D eigenvalue weighted by atomic mass is 16.5. The summed E-state index contributed by atoms with van der Waals surface area (Å²) in [6, 6.07) is 0. The van der Waals surface area contributed by atoms with Crippen molar-refractivity contribution < 1.29 is 14.3 Å². The van der Waals surface area contributed by atoms with Gasteiger partial charge in [0.05, 0.1) is 37.1 Å². The van der Waals surface area contributed by atoms with Crippen LogP contribution in [0.4, 0.5) is 0 Å². The molecule has 1 heterocycles. The lowest BCUT2D eigenvalue weighted by Gasteiger charge is -2.19.